The van der Waals surface area contributed by atoms with E-state index in [1.54, 1.807) is 18.0 Å². The summed E-state index contributed by atoms with van der Waals surface area (Å²) in [6.45, 7) is 1.62. The van der Waals surface area contributed by atoms with Gasteiger partial charge in [0.2, 0.25) is 0 Å². The van der Waals surface area contributed by atoms with Crippen molar-refractivity contribution in [2.45, 2.75) is 18.9 Å². The van der Waals surface area contributed by atoms with Crippen LogP contribution in [0, 0.1) is 5.82 Å². The minimum absolute atomic E-state index is 0.124. The van der Waals surface area contributed by atoms with Crippen molar-refractivity contribution in [3.63, 3.8) is 0 Å². The standard InChI is InChI=1S/C13H16BrFN2O/c1-17(8-10-3-2-6-16-10)13(18)11-5-4-9(14)7-12(11)15/h4-5,7,10,16H,2-3,6,8H2,1H3. The number of halogens is 2. The number of carbonyl (C=O) groups excluding carboxylic acids is 1. The molecule has 0 spiro atoms. The van der Waals surface area contributed by atoms with Gasteiger partial charge < -0.3 is 10.2 Å². The molecule has 1 heterocycles. The molecule has 0 aliphatic carbocycles. The second-order valence-corrected chi connectivity index (χ2v) is 5.52. The number of rotatable bonds is 3. The zero-order chi connectivity index (χ0) is 13.1. The van der Waals surface area contributed by atoms with E-state index in [-0.39, 0.29) is 11.5 Å². The van der Waals surface area contributed by atoms with Crippen LogP contribution in [0.5, 0.6) is 0 Å². The molecule has 98 valence electrons. The summed E-state index contributed by atoms with van der Waals surface area (Å²) in [5.74, 6) is -0.755. The summed E-state index contributed by atoms with van der Waals surface area (Å²) in [4.78, 5) is 13.7. The third kappa shape index (κ3) is 3.09. The SMILES string of the molecule is CN(CC1CCCN1)C(=O)c1ccc(Br)cc1F. The van der Waals surface area contributed by atoms with E-state index in [1.165, 1.54) is 12.1 Å². The molecule has 1 N–H and O–H groups in total. The predicted molar refractivity (Wildman–Crippen MR) is 72.1 cm³/mol. The summed E-state index contributed by atoms with van der Waals surface area (Å²) in [6, 6.07) is 4.84. The van der Waals surface area contributed by atoms with Crippen LogP contribution in [0.25, 0.3) is 0 Å². The molecule has 0 bridgehead atoms. The highest BCUT2D eigenvalue weighted by atomic mass is 79.9. The van der Waals surface area contributed by atoms with Crippen LogP contribution in [0.4, 0.5) is 4.39 Å². The van der Waals surface area contributed by atoms with E-state index in [4.69, 9.17) is 0 Å². The largest absolute Gasteiger partial charge is 0.340 e. The van der Waals surface area contributed by atoms with Gasteiger partial charge >= 0.3 is 0 Å². The summed E-state index contributed by atoms with van der Waals surface area (Å²) in [7, 11) is 1.71. The summed E-state index contributed by atoms with van der Waals surface area (Å²) >= 11 is 3.18. The second-order valence-electron chi connectivity index (χ2n) is 4.60. The molecule has 1 unspecified atom stereocenters. The minimum atomic E-state index is -0.486. The number of hydrogen-bond acceptors (Lipinski definition) is 2. The van der Waals surface area contributed by atoms with Gasteiger partial charge in [-0.2, -0.15) is 0 Å². The van der Waals surface area contributed by atoms with Gasteiger partial charge in [-0.05, 0) is 37.6 Å². The van der Waals surface area contributed by atoms with E-state index in [0.29, 0.717) is 17.1 Å². The fourth-order valence-corrected chi connectivity index (χ4v) is 2.53. The van der Waals surface area contributed by atoms with Crippen molar-refractivity contribution < 1.29 is 9.18 Å². The zero-order valence-electron chi connectivity index (χ0n) is 10.2. The van der Waals surface area contributed by atoms with Crippen LogP contribution in [0.15, 0.2) is 22.7 Å². The molecular weight excluding hydrogens is 299 g/mol. The molecule has 1 saturated heterocycles. The molecule has 18 heavy (non-hydrogen) atoms. The Labute approximate surface area is 114 Å². The Balaban J connectivity index is 2.05. The molecule has 0 radical (unpaired) electrons. The normalized spacial score (nSPS) is 18.9. The molecule has 0 saturated carbocycles. The number of amides is 1. The van der Waals surface area contributed by atoms with Gasteiger partial charge in [0.15, 0.2) is 0 Å². The van der Waals surface area contributed by atoms with Gasteiger partial charge in [-0.15, -0.1) is 0 Å². The number of benzene rings is 1. The molecule has 3 nitrogen and oxygen atoms in total. The molecule has 2 rings (SSSR count). The summed E-state index contributed by atoms with van der Waals surface area (Å²) in [6.07, 6.45) is 2.21. The molecule has 0 aromatic heterocycles. The Hall–Kier alpha value is -0.940. The fraction of sp³-hybridized carbons (Fsp3) is 0.462. The van der Waals surface area contributed by atoms with Crippen molar-refractivity contribution in [3.05, 3.63) is 34.1 Å². The lowest BCUT2D eigenvalue weighted by Gasteiger charge is -2.21. The Morgan fingerprint density at radius 3 is 3.00 bits per heavy atom. The molecule has 5 heteroatoms. The third-order valence-electron chi connectivity index (χ3n) is 3.16. The molecule has 1 fully saturated rings. The summed E-state index contributed by atoms with van der Waals surface area (Å²) < 4.78 is 14.3. The highest BCUT2D eigenvalue weighted by Gasteiger charge is 2.21. The van der Waals surface area contributed by atoms with Gasteiger partial charge in [0.25, 0.3) is 5.91 Å². The lowest BCUT2D eigenvalue weighted by molar-refractivity contribution is 0.0779. The highest BCUT2D eigenvalue weighted by Crippen LogP contribution is 2.17. The van der Waals surface area contributed by atoms with Crippen LogP contribution in [0.2, 0.25) is 0 Å². The molecule has 1 aliphatic heterocycles. The number of carbonyl (C=O) groups is 1. The number of nitrogens with one attached hydrogen (secondary N) is 1. The molecular formula is C13H16BrFN2O. The van der Waals surface area contributed by atoms with Crippen LogP contribution in [-0.2, 0) is 0 Å². The second kappa shape index (κ2) is 5.80. The van der Waals surface area contributed by atoms with Crippen LogP contribution in [0.1, 0.15) is 23.2 Å². The minimum Gasteiger partial charge on any atom is -0.340 e. The lowest BCUT2D eigenvalue weighted by atomic mass is 10.1. The maximum Gasteiger partial charge on any atom is 0.256 e. The van der Waals surface area contributed by atoms with Crippen molar-refractivity contribution in [2.75, 3.05) is 20.1 Å². The smallest absolute Gasteiger partial charge is 0.256 e. The van der Waals surface area contributed by atoms with E-state index in [9.17, 15) is 9.18 Å². The first-order valence-electron chi connectivity index (χ1n) is 6.02. The van der Waals surface area contributed by atoms with Crippen molar-refractivity contribution in [1.82, 2.24) is 10.2 Å². The monoisotopic (exact) mass is 314 g/mol. The topological polar surface area (TPSA) is 32.3 Å². The van der Waals surface area contributed by atoms with Gasteiger partial charge in [-0.1, -0.05) is 15.9 Å². The van der Waals surface area contributed by atoms with Gasteiger partial charge in [-0.3, -0.25) is 4.79 Å². The highest BCUT2D eigenvalue weighted by molar-refractivity contribution is 9.10. The molecule has 1 aliphatic rings. The van der Waals surface area contributed by atoms with Gasteiger partial charge in [0, 0.05) is 24.1 Å². The first kappa shape index (κ1) is 13.5. The molecule has 1 amide bonds. The van der Waals surface area contributed by atoms with Gasteiger partial charge in [0.05, 0.1) is 5.56 Å². The third-order valence-corrected chi connectivity index (χ3v) is 3.66. The van der Waals surface area contributed by atoms with Crippen LogP contribution in [-0.4, -0.2) is 37.0 Å². The fourth-order valence-electron chi connectivity index (χ4n) is 2.19. The van der Waals surface area contributed by atoms with Crippen LogP contribution in [0.3, 0.4) is 0 Å². The number of nitrogens with zero attached hydrogens (tertiary/aromatic N) is 1. The Bertz CT molecular complexity index is 447. The maximum atomic E-state index is 13.7. The van der Waals surface area contributed by atoms with E-state index in [2.05, 4.69) is 21.2 Å². The Morgan fingerprint density at radius 2 is 2.39 bits per heavy atom. The first-order chi connectivity index (χ1) is 8.58. The number of hydrogen-bond donors (Lipinski definition) is 1. The van der Waals surface area contributed by atoms with Gasteiger partial charge in [0.1, 0.15) is 5.82 Å². The Kier molecular flexibility index (Phi) is 4.35. The van der Waals surface area contributed by atoms with E-state index in [1.807, 2.05) is 0 Å². The van der Waals surface area contributed by atoms with Crippen molar-refractivity contribution >= 4 is 21.8 Å². The quantitative estimate of drug-likeness (QED) is 0.929. The summed E-state index contributed by atoms with van der Waals surface area (Å²) in [5.41, 5.74) is 0.124. The van der Waals surface area contributed by atoms with Crippen molar-refractivity contribution in [1.29, 1.82) is 0 Å². The van der Waals surface area contributed by atoms with Crippen molar-refractivity contribution in [2.24, 2.45) is 0 Å². The molecule has 1 aromatic rings. The molecule has 1 aromatic carbocycles. The average Bonchev–Trinajstić information content (AvgIpc) is 2.81. The zero-order valence-corrected chi connectivity index (χ0v) is 11.8. The maximum absolute atomic E-state index is 13.7. The van der Waals surface area contributed by atoms with E-state index >= 15 is 0 Å². The van der Waals surface area contributed by atoms with Crippen molar-refractivity contribution in [3.8, 4) is 0 Å². The Morgan fingerprint density at radius 1 is 1.61 bits per heavy atom. The predicted octanol–water partition coefficient (Wildman–Crippen LogP) is 2.41. The van der Waals surface area contributed by atoms with Crippen LogP contribution >= 0.6 is 15.9 Å². The first-order valence-corrected chi connectivity index (χ1v) is 6.81. The molecule has 1 atom stereocenters. The van der Waals surface area contributed by atoms with Crippen LogP contribution < -0.4 is 5.32 Å². The van der Waals surface area contributed by atoms with E-state index < -0.39 is 5.82 Å². The number of likely N-dealkylation sites (N-methyl/N-ethyl adjacent to an activating group) is 1. The van der Waals surface area contributed by atoms with E-state index in [0.717, 1.165) is 19.4 Å². The lowest BCUT2D eigenvalue weighted by Crippen LogP contribution is -2.38. The van der Waals surface area contributed by atoms with Gasteiger partial charge in [-0.25, -0.2) is 4.39 Å². The summed E-state index contributed by atoms with van der Waals surface area (Å²) in [5, 5.41) is 3.32. The average molecular weight is 315 g/mol.